The zero-order valence-corrected chi connectivity index (χ0v) is 8.28. The highest BCUT2D eigenvalue weighted by Crippen LogP contribution is 2.18. The van der Waals surface area contributed by atoms with Crippen LogP contribution in [0.5, 0.6) is 0 Å². The highest BCUT2D eigenvalue weighted by molar-refractivity contribution is 5.94. The Morgan fingerprint density at radius 2 is 1.87 bits per heavy atom. The minimum absolute atomic E-state index is 0.0579. The number of carbonyl (C=O) groups is 3. The molecule has 0 heterocycles. The third-order valence-electron chi connectivity index (χ3n) is 1.96. The Morgan fingerprint density at radius 3 is 2.40 bits per heavy atom. The first-order valence-electron chi connectivity index (χ1n) is 4.90. The minimum atomic E-state index is -0.940. The molecule has 0 aliphatic heterocycles. The second kappa shape index (κ2) is 5.33. The van der Waals surface area contributed by atoms with Crippen molar-refractivity contribution in [2.75, 3.05) is 0 Å². The number of aliphatic carboxylic acids is 1. The molecule has 0 aromatic rings. The summed E-state index contributed by atoms with van der Waals surface area (Å²) in [5.74, 6) is -1.38. The predicted octanol–water partition coefficient (Wildman–Crippen LogP) is 0.230. The first-order valence-corrected chi connectivity index (χ1v) is 4.90. The molecule has 0 unspecified atom stereocenters. The highest BCUT2D eigenvalue weighted by atomic mass is 16.4. The number of amides is 3. The fraction of sp³-hybridized carbons (Fsp3) is 0.667. The maximum Gasteiger partial charge on any atom is 0.321 e. The van der Waals surface area contributed by atoms with Gasteiger partial charge in [-0.25, -0.2) is 4.79 Å². The molecule has 0 spiro atoms. The Hall–Kier alpha value is -1.59. The van der Waals surface area contributed by atoms with Crippen molar-refractivity contribution in [3.8, 4) is 0 Å². The number of hydrogen-bond acceptors (Lipinski definition) is 3. The van der Waals surface area contributed by atoms with Gasteiger partial charge in [0.2, 0.25) is 5.91 Å². The first-order chi connectivity index (χ1) is 7.08. The number of carboxylic acid groups (broad SMARTS) is 1. The largest absolute Gasteiger partial charge is 0.481 e. The van der Waals surface area contributed by atoms with Gasteiger partial charge in [0.05, 0.1) is 0 Å². The van der Waals surface area contributed by atoms with Gasteiger partial charge in [-0.3, -0.25) is 14.9 Å². The van der Waals surface area contributed by atoms with E-state index in [0.717, 1.165) is 12.8 Å². The van der Waals surface area contributed by atoms with Crippen molar-refractivity contribution in [1.29, 1.82) is 0 Å². The lowest BCUT2D eigenvalue weighted by atomic mass is 10.2. The molecule has 0 bridgehead atoms. The van der Waals surface area contributed by atoms with Gasteiger partial charge in [-0.1, -0.05) is 0 Å². The Morgan fingerprint density at radius 1 is 1.20 bits per heavy atom. The summed E-state index contributed by atoms with van der Waals surface area (Å²) in [6.45, 7) is 0. The summed E-state index contributed by atoms with van der Waals surface area (Å²) in [4.78, 5) is 32.3. The molecule has 3 N–H and O–H groups in total. The van der Waals surface area contributed by atoms with Crippen molar-refractivity contribution < 1.29 is 19.5 Å². The molecular formula is C9H14N2O4. The molecule has 0 aromatic carbocycles. The van der Waals surface area contributed by atoms with Gasteiger partial charge < -0.3 is 10.4 Å². The minimum Gasteiger partial charge on any atom is -0.481 e. The normalized spacial score (nSPS) is 14.4. The monoisotopic (exact) mass is 214 g/mol. The van der Waals surface area contributed by atoms with Gasteiger partial charge in [0, 0.05) is 18.9 Å². The van der Waals surface area contributed by atoms with Crippen molar-refractivity contribution in [3.63, 3.8) is 0 Å². The maximum absolute atomic E-state index is 11.1. The third kappa shape index (κ3) is 5.66. The SMILES string of the molecule is O=C(O)CCCC(=O)NC(=O)NC1CC1. The second-order valence-electron chi connectivity index (χ2n) is 3.54. The van der Waals surface area contributed by atoms with Crippen LogP contribution in [-0.4, -0.2) is 29.1 Å². The van der Waals surface area contributed by atoms with Crippen LogP contribution in [0.3, 0.4) is 0 Å². The number of rotatable bonds is 5. The van der Waals surface area contributed by atoms with Gasteiger partial charge >= 0.3 is 12.0 Å². The smallest absolute Gasteiger partial charge is 0.321 e. The predicted molar refractivity (Wildman–Crippen MR) is 51.2 cm³/mol. The van der Waals surface area contributed by atoms with Crippen LogP contribution in [0.25, 0.3) is 0 Å². The number of imide groups is 1. The van der Waals surface area contributed by atoms with E-state index in [2.05, 4.69) is 10.6 Å². The Balaban J connectivity index is 2.06. The lowest BCUT2D eigenvalue weighted by molar-refractivity contribution is -0.137. The van der Waals surface area contributed by atoms with Gasteiger partial charge in [-0.15, -0.1) is 0 Å². The average Bonchev–Trinajstić information content (AvgIpc) is 2.86. The Bertz CT molecular complexity index is 273. The molecule has 1 aliphatic rings. The fourth-order valence-corrected chi connectivity index (χ4v) is 1.04. The molecule has 1 aliphatic carbocycles. The molecule has 6 heteroatoms. The number of carboxylic acids is 1. The molecule has 84 valence electrons. The van der Waals surface area contributed by atoms with Crippen LogP contribution in [0.15, 0.2) is 0 Å². The van der Waals surface area contributed by atoms with Crippen LogP contribution < -0.4 is 10.6 Å². The van der Waals surface area contributed by atoms with Gasteiger partial charge in [0.25, 0.3) is 0 Å². The molecule has 15 heavy (non-hydrogen) atoms. The summed E-state index contributed by atoms with van der Waals surface area (Å²) < 4.78 is 0. The molecule has 1 rings (SSSR count). The molecule has 6 nitrogen and oxygen atoms in total. The molecule has 0 aromatic heterocycles. The summed E-state index contributed by atoms with van der Waals surface area (Å²) in [6, 6.07) is -0.283. The molecule has 1 fully saturated rings. The van der Waals surface area contributed by atoms with Crippen molar-refractivity contribution in [2.45, 2.75) is 38.1 Å². The van der Waals surface area contributed by atoms with E-state index >= 15 is 0 Å². The van der Waals surface area contributed by atoms with E-state index in [9.17, 15) is 14.4 Å². The number of nitrogens with one attached hydrogen (secondary N) is 2. The third-order valence-corrected chi connectivity index (χ3v) is 1.96. The van der Waals surface area contributed by atoms with Crippen LogP contribution in [-0.2, 0) is 9.59 Å². The van der Waals surface area contributed by atoms with Crippen molar-refractivity contribution in [3.05, 3.63) is 0 Å². The van der Waals surface area contributed by atoms with Crippen molar-refractivity contribution >= 4 is 17.9 Å². The maximum atomic E-state index is 11.1. The van der Waals surface area contributed by atoms with Crippen LogP contribution in [0.1, 0.15) is 32.1 Å². The van der Waals surface area contributed by atoms with E-state index in [1.54, 1.807) is 0 Å². The van der Waals surface area contributed by atoms with Crippen molar-refractivity contribution in [2.24, 2.45) is 0 Å². The zero-order chi connectivity index (χ0) is 11.3. The standard InChI is InChI=1S/C9H14N2O4/c12-7(2-1-3-8(13)14)11-9(15)10-6-4-5-6/h6H,1-5H2,(H,13,14)(H2,10,11,12,15). The van der Waals surface area contributed by atoms with E-state index in [4.69, 9.17) is 5.11 Å². The number of hydrogen-bond donors (Lipinski definition) is 3. The van der Waals surface area contributed by atoms with E-state index < -0.39 is 17.9 Å². The average molecular weight is 214 g/mol. The highest BCUT2D eigenvalue weighted by Gasteiger charge is 2.23. The first kappa shape index (κ1) is 11.5. The van der Waals surface area contributed by atoms with Crippen LogP contribution in [0.2, 0.25) is 0 Å². The summed E-state index contributed by atoms with van der Waals surface area (Å²) in [7, 11) is 0. The molecular weight excluding hydrogens is 200 g/mol. The molecule has 0 radical (unpaired) electrons. The van der Waals surface area contributed by atoms with Gasteiger partial charge in [0.1, 0.15) is 0 Å². The second-order valence-corrected chi connectivity index (χ2v) is 3.54. The summed E-state index contributed by atoms with van der Waals surface area (Å²) in [5, 5.41) is 13.1. The van der Waals surface area contributed by atoms with Crippen LogP contribution in [0.4, 0.5) is 4.79 Å². The molecule has 3 amide bonds. The van der Waals surface area contributed by atoms with Gasteiger partial charge in [-0.2, -0.15) is 0 Å². The number of carbonyl (C=O) groups excluding carboxylic acids is 2. The molecule has 0 atom stereocenters. The Kier molecular flexibility index (Phi) is 4.08. The van der Waals surface area contributed by atoms with Gasteiger partial charge in [0.15, 0.2) is 0 Å². The molecule has 1 saturated carbocycles. The van der Waals surface area contributed by atoms with Crippen molar-refractivity contribution in [1.82, 2.24) is 10.6 Å². The lowest BCUT2D eigenvalue weighted by Crippen LogP contribution is -2.40. The van der Waals surface area contributed by atoms with E-state index in [-0.39, 0.29) is 25.3 Å². The van der Waals surface area contributed by atoms with Crippen LogP contribution >= 0.6 is 0 Å². The topological polar surface area (TPSA) is 95.5 Å². The van der Waals surface area contributed by atoms with E-state index in [1.807, 2.05) is 0 Å². The summed E-state index contributed by atoms with van der Waals surface area (Å²) in [6.07, 6.45) is 2.17. The Labute approximate surface area is 87.0 Å². The molecule has 0 saturated heterocycles. The van der Waals surface area contributed by atoms with E-state index in [1.165, 1.54) is 0 Å². The number of urea groups is 1. The fourth-order valence-electron chi connectivity index (χ4n) is 1.04. The zero-order valence-electron chi connectivity index (χ0n) is 8.28. The van der Waals surface area contributed by atoms with Gasteiger partial charge in [-0.05, 0) is 19.3 Å². The van der Waals surface area contributed by atoms with Crippen LogP contribution in [0, 0.1) is 0 Å². The quantitative estimate of drug-likeness (QED) is 0.610. The summed E-state index contributed by atoms with van der Waals surface area (Å²) in [5.41, 5.74) is 0. The van der Waals surface area contributed by atoms with E-state index in [0.29, 0.717) is 0 Å². The summed E-state index contributed by atoms with van der Waals surface area (Å²) >= 11 is 0. The lowest BCUT2D eigenvalue weighted by Gasteiger charge is -2.04.